The van der Waals surface area contributed by atoms with Crippen LogP contribution in [0.1, 0.15) is 25.7 Å². The second kappa shape index (κ2) is 4.99. The predicted octanol–water partition coefficient (Wildman–Crippen LogP) is -1.66. The second-order valence-electron chi connectivity index (χ2n) is 4.91. The molecule has 1 rings (SSSR count). The lowest BCUT2D eigenvalue weighted by atomic mass is 9.83. The molecule has 1 N–H and O–H groups in total. The molecule has 2 atom stereocenters. The van der Waals surface area contributed by atoms with Gasteiger partial charge < -0.3 is 22.0 Å². The minimum absolute atomic E-state index is 0. The standard InChI is InChI=1S/C10H19NO2.ClH/c1-11(2,3)9-7-5-4-6-8(9)10(12)13;/h8-9H,4-7H2,1-3H3;1H/t8-,9-;/m1./s1. The number of hydrogen-bond acceptors (Lipinski definition) is 1. The van der Waals surface area contributed by atoms with Crippen LogP contribution in [0.25, 0.3) is 0 Å². The van der Waals surface area contributed by atoms with Crippen molar-refractivity contribution >= 4 is 5.97 Å². The van der Waals surface area contributed by atoms with Crippen LogP contribution < -0.4 is 12.4 Å². The molecule has 0 aromatic rings. The van der Waals surface area contributed by atoms with Crippen molar-refractivity contribution in [1.82, 2.24) is 0 Å². The average molecular weight is 222 g/mol. The molecule has 0 saturated heterocycles. The molecule has 14 heavy (non-hydrogen) atoms. The summed E-state index contributed by atoms with van der Waals surface area (Å²) >= 11 is 0. The van der Waals surface area contributed by atoms with Gasteiger partial charge in [0, 0.05) is 6.42 Å². The van der Waals surface area contributed by atoms with Crippen molar-refractivity contribution in [2.75, 3.05) is 21.1 Å². The van der Waals surface area contributed by atoms with E-state index in [4.69, 9.17) is 5.11 Å². The van der Waals surface area contributed by atoms with E-state index in [0.717, 1.165) is 23.7 Å². The number of carbonyl (C=O) groups is 1. The van der Waals surface area contributed by atoms with Gasteiger partial charge in [0.05, 0.1) is 21.1 Å². The van der Waals surface area contributed by atoms with Gasteiger partial charge in [-0.25, -0.2) is 0 Å². The maximum atomic E-state index is 11.0. The first-order valence-corrected chi connectivity index (χ1v) is 4.97. The van der Waals surface area contributed by atoms with Crippen LogP contribution >= 0.6 is 0 Å². The van der Waals surface area contributed by atoms with Crippen molar-refractivity contribution in [3.63, 3.8) is 0 Å². The highest BCUT2D eigenvalue weighted by Gasteiger charge is 2.39. The lowest BCUT2D eigenvalue weighted by Crippen LogP contribution is -3.00. The fraction of sp³-hybridized carbons (Fsp3) is 0.900. The molecule has 0 radical (unpaired) electrons. The number of quaternary nitrogens is 1. The monoisotopic (exact) mass is 221 g/mol. The first-order valence-electron chi connectivity index (χ1n) is 4.97. The van der Waals surface area contributed by atoms with Gasteiger partial charge in [-0.3, -0.25) is 4.79 Å². The lowest BCUT2D eigenvalue weighted by Gasteiger charge is -2.40. The molecule has 0 aromatic carbocycles. The van der Waals surface area contributed by atoms with Gasteiger partial charge in [0.1, 0.15) is 12.0 Å². The van der Waals surface area contributed by atoms with Crippen molar-refractivity contribution in [2.45, 2.75) is 31.7 Å². The first-order chi connectivity index (χ1) is 5.93. The maximum absolute atomic E-state index is 11.0. The number of carboxylic acid groups (broad SMARTS) is 1. The van der Waals surface area contributed by atoms with E-state index in [1.54, 1.807) is 0 Å². The third-order valence-corrected chi connectivity index (χ3v) is 3.04. The van der Waals surface area contributed by atoms with E-state index >= 15 is 0 Å². The zero-order valence-corrected chi connectivity index (χ0v) is 9.92. The van der Waals surface area contributed by atoms with Crippen LogP contribution in [-0.4, -0.2) is 42.7 Å². The maximum Gasteiger partial charge on any atom is 0.312 e. The van der Waals surface area contributed by atoms with E-state index in [1.807, 2.05) is 0 Å². The third kappa shape index (κ3) is 3.14. The van der Waals surface area contributed by atoms with Gasteiger partial charge in [0.2, 0.25) is 0 Å². The van der Waals surface area contributed by atoms with E-state index < -0.39 is 5.97 Å². The summed E-state index contributed by atoms with van der Waals surface area (Å²) < 4.78 is 0.775. The summed E-state index contributed by atoms with van der Waals surface area (Å²) in [5.74, 6) is -0.744. The van der Waals surface area contributed by atoms with Gasteiger partial charge in [0.25, 0.3) is 0 Å². The normalized spacial score (nSPS) is 27.9. The highest BCUT2D eigenvalue weighted by Crippen LogP contribution is 2.30. The molecule has 0 amide bonds. The molecule has 84 valence electrons. The summed E-state index contributed by atoms with van der Waals surface area (Å²) in [7, 11) is 6.27. The van der Waals surface area contributed by atoms with E-state index in [1.165, 1.54) is 6.42 Å². The van der Waals surface area contributed by atoms with E-state index in [2.05, 4.69) is 21.1 Å². The Balaban J connectivity index is 0.00000169. The van der Waals surface area contributed by atoms with E-state index in [-0.39, 0.29) is 18.3 Å². The molecular formula is C10H20ClNO2. The molecule has 1 aliphatic rings. The number of nitrogens with zero attached hydrogens (tertiary/aromatic N) is 1. The number of carboxylic acids is 1. The van der Waals surface area contributed by atoms with Gasteiger partial charge in [-0.2, -0.15) is 0 Å². The number of rotatable bonds is 2. The Labute approximate surface area is 92.1 Å². The van der Waals surface area contributed by atoms with Gasteiger partial charge in [0.15, 0.2) is 0 Å². The highest BCUT2D eigenvalue weighted by atomic mass is 35.5. The Morgan fingerprint density at radius 2 is 1.71 bits per heavy atom. The molecule has 0 aliphatic heterocycles. The Hall–Kier alpha value is -0.280. The van der Waals surface area contributed by atoms with Crippen molar-refractivity contribution in [3.8, 4) is 0 Å². The Bertz CT molecular complexity index is 201. The molecule has 0 unspecified atom stereocenters. The van der Waals surface area contributed by atoms with Crippen LogP contribution in [-0.2, 0) is 4.79 Å². The minimum atomic E-state index is -0.613. The summed E-state index contributed by atoms with van der Waals surface area (Å²) in [6, 6.07) is 0.297. The van der Waals surface area contributed by atoms with Crippen LogP contribution in [0, 0.1) is 5.92 Å². The molecule has 4 heteroatoms. The minimum Gasteiger partial charge on any atom is -1.00 e. The van der Waals surface area contributed by atoms with Crippen molar-refractivity contribution < 1.29 is 26.8 Å². The molecule has 0 bridgehead atoms. The van der Waals surface area contributed by atoms with E-state index in [9.17, 15) is 4.79 Å². The Morgan fingerprint density at radius 1 is 1.21 bits per heavy atom. The number of aliphatic carboxylic acids is 1. The smallest absolute Gasteiger partial charge is 0.312 e. The fourth-order valence-electron chi connectivity index (χ4n) is 2.33. The largest absolute Gasteiger partial charge is 1.00 e. The average Bonchev–Trinajstić information content (AvgIpc) is 2.03. The van der Waals surface area contributed by atoms with Crippen molar-refractivity contribution in [1.29, 1.82) is 0 Å². The van der Waals surface area contributed by atoms with Crippen LogP contribution in [0.3, 0.4) is 0 Å². The van der Waals surface area contributed by atoms with Crippen LogP contribution in [0.4, 0.5) is 0 Å². The number of halogens is 1. The fourth-order valence-corrected chi connectivity index (χ4v) is 2.33. The second-order valence-corrected chi connectivity index (χ2v) is 4.91. The van der Waals surface area contributed by atoms with E-state index in [0.29, 0.717) is 6.04 Å². The quantitative estimate of drug-likeness (QED) is 0.567. The van der Waals surface area contributed by atoms with Crippen LogP contribution in [0.15, 0.2) is 0 Å². The molecule has 0 aromatic heterocycles. The molecule has 1 fully saturated rings. The third-order valence-electron chi connectivity index (χ3n) is 3.04. The SMILES string of the molecule is C[N+](C)(C)[C@@H]1CCCC[C@H]1C(=O)O.[Cl-]. The van der Waals surface area contributed by atoms with Gasteiger partial charge >= 0.3 is 5.97 Å². The van der Waals surface area contributed by atoms with Gasteiger partial charge in [-0.05, 0) is 12.8 Å². The predicted molar refractivity (Wildman–Crippen MR) is 51.4 cm³/mol. The topological polar surface area (TPSA) is 37.3 Å². The molecule has 0 heterocycles. The first kappa shape index (κ1) is 13.7. The zero-order valence-electron chi connectivity index (χ0n) is 9.16. The zero-order chi connectivity index (χ0) is 10.1. The Kier molecular flexibility index (Phi) is 4.89. The Morgan fingerprint density at radius 3 is 2.07 bits per heavy atom. The van der Waals surface area contributed by atoms with Crippen LogP contribution in [0.5, 0.6) is 0 Å². The summed E-state index contributed by atoms with van der Waals surface area (Å²) in [5.41, 5.74) is 0. The van der Waals surface area contributed by atoms with Crippen LogP contribution in [0.2, 0.25) is 0 Å². The number of hydrogen-bond donors (Lipinski definition) is 1. The molecule has 0 spiro atoms. The molecular weight excluding hydrogens is 202 g/mol. The lowest BCUT2D eigenvalue weighted by molar-refractivity contribution is -0.900. The molecule has 1 aliphatic carbocycles. The molecule has 3 nitrogen and oxygen atoms in total. The van der Waals surface area contributed by atoms with Gasteiger partial charge in [-0.1, -0.05) is 6.42 Å². The summed E-state index contributed by atoms with van der Waals surface area (Å²) in [4.78, 5) is 11.0. The van der Waals surface area contributed by atoms with Gasteiger partial charge in [-0.15, -0.1) is 0 Å². The molecule has 1 saturated carbocycles. The summed E-state index contributed by atoms with van der Waals surface area (Å²) in [5, 5.41) is 9.06. The van der Waals surface area contributed by atoms with Crippen molar-refractivity contribution in [2.24, 2.45) is 5.92 Å². The highest BCUT2D eigenvalue weighted by molar-refractivity contribution is 5.70. The van der Waals surface area contributed by atoms with Crippen molar-refractivity contribution in [3.05, 3.63) is 0 Å². The summed E-state index contributed by atoms with van der Waals surface area (Å²) in [6.45, 7) is 0. The summed E-state index contributed by atoms with van der Waals surface area (Å²) in [6.07, 6.45) is 4.17.